The number of hydrogen-bond donors (Lipinski definition) is 3. The van der Waals surface area contributed by atoms with Gasteiger partial charge in [-0.05, 0) is 11.1 Å². The highest BCUT2D eigenvalue weighted by Gasteiger charge is 2.24. The molecule has 0 aliphatic rings. The second-order valence-corrected chi connectivity index (χ2v) is 6.73. The van der Waals surface area contributed by atoms with Gasteiger partial charge in [-0.25, -0.2) is 0 Å². The number of amides is 1. The lowest BCUT2D eigenvalue weighted by Crippen LogP contribution is -2.32. The molecule has 0 spiro atoms. The summed E-state index contributed by atoms with van der Waals surface area (Å²) in [6.07, 6.45) is -0.247. The molecule has 2 rings (SSSR count). The van der Waals surface area contributed by atoms with Gasteiger partial charge in [0.1, 0.15) is 0 Å². The largest absolute Gasteiger partial charge is 0.348 e. The van der Waals surface area contributed by atoms with E-state index in [1.54, 1.807) is 24.3 Å². The highest BCUT2D eigenvalue weighted by molar-refractivity contribution is 7.51. The van der Waals surface area contributed by atoms with E-state index >= 15 is 0 Å². The maximum Gasteiger partial charge on any atom is 0.327 e. The SMILES string of the molecule is O=C(Cc1ccccc1)NC(CP(=O)(O)O)c1ccccc1. The summed E-state index contributed by atoms with van der Waals surface area (Å²) < 4.78 is 11.3. The van der Waals surface area contributed by atoms with E-state index in [-0.39, 0.29) is 12.3 Å². The molecule has 0 bridgehead atoms. The van der Waals surface area contributed by atoms with Gasteiger partial charge < -0.3 is 15.1 Å². The summed E-state index contributed by atoms with van der Waals surface area (Å²) in [5.41, 5.74) is 1.52. The van der Waals surface area contributed by atoms with Crippen LogP contribution in [0, 0.1) is 0 Å². The Labute approximate surface area is 129 Å². The van der Waals surface area contributed by atoms with Crippen LogP contribution in [0.4, 0.5) is 0 Å². The van der Waals surface area contributed by atoms with Gasteiger partial charge in [0, 0.05) is 0 Å². The molecule has 2 aromatic carbocycles. The third kappa shape index (κ3) is 5.45. The van der Waals surface area contributed by atoms with Crippen molar-refractivity contribution < 1.29 is 19.1 Å². The Kier molecular flexibility index (Phi) is 5.50. The number of rotatable bonds is 6. The van der Waals surface area contributed by atoms with Crippen LogP contribution in [0.3, 0.4) is 0 Å². The molecule has 0 saturated heterocycles. The van der Waals surface area contributed by atoms with Gasteiger partial charge in [0.25, 0.3) is 0 Å². The molecule has 0 radical (unpaired) electrons. The summed E-state index contributed by atoms with van der Waals surface area (Å²) in [6, 6.07) is 17.3. The van der Waals surface area contributed by atoms with Crippen molar-refractivity contribution in [2.75, 3.05) is 6.16 Å². The quantitative estimate of drug-likeness (QED) is 0.713. The molecule has 1 unspecified atom stereocenters. The first kappa shape index (κ1) is 16.4. The van der Waals surface area contributed by atoms with Crippen LogP contribution in [-0.2, 0) is 15.8 Å². The van der Waals surface area contributed by atoms with Crippen molar-refractivity contribution in [3.8, 4) is 0 Å². The third-order valence-corrected chi connectivity index (χ3v) is 4.01. The molecule has 2 aromatic rings. The van der Waals surface area contributed by atoms with E-state index < -0.39 is 19.8 Å². The molecule has 1 atom stereocenters. The molecule has 3 N–H and O–H groups in total. The van der Waals surface area contributed by atoms with E-state index in [4.69, 9.17) is 0 Å². The lowest BCUT2D eigenvalue weighted by Gasteiger charge is -2.20. The van der Waals surface area contributed by atoms with Gasteiger partial charge in [-0.2, -0.15) is 0 Å². The molecule has 116 valence electrons. The van der Waals surface area contributed by atoms with Crippen molar-refractivity contribution in [2.45, 2.75) is 12.5 Å². The van der Waals surface area contributed by atoms with Gasteiger partial charge in [0.15, 0.2) is 0 Å². The number of benzene rings is 2. The van der Waals surface area contributed by atoms with Gasteiger partial charge in [-0.3, -0.25) is 9.36 Å². The first-order valence-electron chi connectivity index (χ1n) is 6.87. The van der Waals surface area contributed by atoms with E-state index in [2.05, 4.69) is 5.32 Å². The van der Waals surface area contributed by atoms with Gasteiger partial charge >= 0.3 is 7.60 Å². The average molecular weight is 319 g/mol. The fourth-order valence-electron chi connectivity index (χ4n) is 2.18. The van der Waals surface area contributed by atoms with E-state index in [1.807, 2.05) is 36.4 Å². The van der Waals surface area contributed by atoms with Crippen molar-refractivity contribution in [1.29, 1.82) is 0 Å². The van der Waals surface area contributed by atoms with Crippen LogP contribution in [0.1, 0.15) is 17.2 Å². The fraction of sp³-hybridized carbons (Fsp3) is 0.188. The molecule has 22 heavy (non-hydrogen) atoms. The lowest BCUT2D eigenvalue weighted by atomic mass is 10.1. The zero-order valence-corrected chi connectivity index (χ0v) is 12.8. The fourth-order valence-corrected chi connectivity index (χ4v) is 2.96. The Morgan fingerprint density at radius 1 is 1.00 bits per heavy atom. The zero-order valence-electron chi connectivity index (χ0n) is 11.9. The van der Waals surface area contributed by atoms with Crippen molar-refractivity contribution in [1.82, 2.24) is 5.32 Å². The maximum absolute atomic E-state index is 12.1. The van der Waals surface area contributed by atoms with Crippen LogP contribution in [0.5, 0.6) is 0 Å². The molecule has 0 aliphatic carbocycles. The van der Waals surface area contributed by atoms with Crippen molar-refractivity contribution in [2.24, 2.45) is 0 Å². The Morgan fingerprint density at radius 2 is 1.55 bits per heavy atom. The second-order valence-electron chi connectivity index (χ2n) is 5.04. The predicted molar refractivity (Wildman–Crippen MR) is 84.4 cm³/mol. The van der Waals surface area contributed by atoms with Gasteiger partial charge in [0.05, 0.1) is 18.6 Å². The van der Waals surface area contributed by atoms with E-state index in [0.29, 0.717) is 5.56 Å². The molecule has 5 nitrogen and oxygen atoms in total. The van der Waals surface area contributed by atoms with Crippen molar-refractivity contribution >= 4 is 13.5 Å². The minimum atomic E-state index is -4.24. The Balaban J connectivity index is 2.09. The Bertz CT molecular complexity index is 654. The van der Waals surface area contributed by atoms with Crippen LogP contribution in [-0.4, -0.2) is 21.9 Å². The van der Waals surface area contributed by atoms with Crippen molar-refractivity contribution in [3.63, 3.8) is 0 Å². The Morgan fingerprint density at radius 3 is 2.09 bits per heavy atom. The molecule has 0 saturated carbocycles. The average Bonchev–Trinajstić information content (AvgIpc) is 2.47. The van der Waals surface area contributed by atoms with Crippen LogP contribution >= 0.6 is 7.60 Å². The predicted octanol–water partition coefficient (Wildman–Crippen LogP) is 2.26. The number of carbonyl (C=O) groups excluding carboxylic acids is 1. The second kappa shape index (κ2) is 7.36. The van der Waals surface area contributed by atoms with E-state index in [0.717, 1.165) is 5.56 Å². The zero-order chi connectivity index (χ0) is 16.0. The van der Waals surface area contributed by atoms with Crippen LogP contribution in [0.25, 0.3) is 0 Å². The van der Waals surface area contributed by atoms with Crippen LogP contribution < -0.4 is 5.32 Å². The molecule has 0 aliphatic heterocycles. The molecule has 0 heterocycles. The number of carbonyl (C=O) groups is 1. The third-order valence-electron chi connectivity index (χ3n) is 3.17. The van der Waals surface area contributed by atoms with E-state index in [1.165, 1.54) is 0 Å². The van der Waals surface area contributed by atoms with Crippen LogP contribution in [0.2, 0.25) is 0 Å². The van der Waals surface area contributed by atoms with Crippen molar-refractivity contribution in [3.05, 3.63) is 71.8 Å². The number of hydrogen-bond acceptors (Lipinski definition) is 2. The standard InChI is InChI=1S/C16H18NO4P/c18-16(11-13-7-3-1-4-8-13)17-15(12-22(19,20)21)14-9-5-2-6-10-14/h1-10,15H,11-12H2,(H,17,18)(H2,19,20,21). The first-order valence-corrected chi connectivity index (χ1v) is 8.66. The first-order chi connectivity index (χ1) is 10.4. The molecular formula is C16H18NO4P. The number of nitrogens with one attached hydrogen (secondary N) is 1. The molecule has 6 heteroatoms. The van der Waals surface area contributed by atoms with E-state index in [9.17, 15) is 19.1 Å². The Hall–Kier alpha value is -1.94. The summed E-state index contributed by atoms with van der Waals surface area (Å²) >= 11 is 0. The molecule has 1 amide bonds. The van der Waals surface area contributed by atoms with Gasteiger partial charge in [-0.1, -0.05) is 60.7 Å². The minimum Gasteiger partial charge on any atom is -0.348 e. The topological polar surface area (TPSA) is 86.6 Å². The smallest absolute Gasteiger partial charge is 0.327 e. The lowest BCUT2D eigenvalue weighted by molar-refractivity contribution is -0.121. The highest BCUT2D eigenvalue weighted by atomic mass is 31.2. The molecule has 0 aromatic heterocycles. The summed E-state index contributed by atoms with van der Waals surface area (Å²) in [7, 11) is -4.24. The van der Waals surface area contributed by atoms with Gasteiger partial charge in [-0.15, -0.1) is 0 Å². The normalized spacial score (nSPS) is 12.6. The molecular weight excluding hydrogens is 301 g/mol. The summed E-state index contributed by atoms with van der Waals surface area (Å²) in [4.78, 5) is 30.5. The summed E-state index contributed by atoms with van der Waals surface area (Å²) in [5, 5.41) is 2.71. The summed E-state index contributed by atoms with van der Waals surface area (Å²) in [6.45, 7) is 0. The maximum atomic E-state index is 12.1. The monoisotopic (exact) mass is 319 g/mol. The highest BCUT2D eigenvalue weighted by Crippen LogP contribution is 2.39. The summed E-state index contributed by atoms with van der Waals surface area (Å²) in [5.74, 6) is -0.270. The minimum absolute atomic E-state index is 0.172. The van der Waals surface area contributed by atoms with Gasteiger partial charge in [0.2, 0.25) is 5.91 Å². The van der Waals surface area contributed by atoms with Crippen LogP contribution in [0.15, 0.2) is 60.7 Å². The molecule has 0 fully saturated rings.